The van der Waals surface area contributed by atoms with Crippen molar-refractivity contribution in [1.82, 2.24) is 4.90 Å². The topological polar surface area (TPSA) is 59.0 Å². The van der Waals surface area contributed by atoms with Crippen LogP contribution in [0.3, 0.4) is 0 Å². The number of carbonyl (C=O) groups is 2. The predicted octanol–water partition coefficient (Wildman–Crippen LogP) is 3.87. The summed E-state index contributed by atoms with van der Waals surface area (Å²) in [4.78, 5) is 32.7. The summed E-state index contributed by atoms with van der Waals surface area (Å²) in [7, 11) is 0. The van der Waals surface area contributed by atoms with Crippen LogP contribution < -0.4 is 0 Å². The molecule has 126 valence electrons. The number of thioether (sulfide) groups is 1. The van der Waals surface area contributed by atoms with Crippen LogP contribution in [0.4, 0.5) is 0 Å². The van der Waals surface area contributed by atoms with Crippen molar-refractivity contribution < 1.29 is 14.3 Å². The Kier molecular flexibility index (Phi) is 4.64. The van der Waals surface area contributed by atoms with Gasteiger partial charge < -0.3 is 9.64 Å². The first-order valence-electron chi connectivity index (χ1n) is 7.64. The molecule has 24 heavy (non-hydrogen) atoms. The molecule has 3 heterocycles. The van der Waals surface area contributed by atoms with Crippen LogP contribution in [-0.4, -0.2) is 28.4 Å². The van der Waals surface area contributed by atoms with E-state index in [-0.39, 0.29) is 17.8 Å². The molecule has 0 saturated carbocycles. The van der Waals surface area contributed by atoms with Crippen molar-refractivity contribution in [1.29, 1.82) is 0 Å². The summed E-state index contributed by atoms with van der Waals surface area (Å²) >= 11 is 2.94. The van der Waals surface area contributed by atoms with Crippen LogP contribution in [0, 0.1) is 0 Å². The highest BCUT2D eigenvalue weighted by Crippen LogP contribution is 2.47. The summed E-state index contributed by atoms with van der Waals surface area (Å²) in [5, 5.41) is 2.72. The summed E-state index contributed by atoms with van der Waals surface area (Å²) in [6.07, 6.45) is 0. The maximum atomic E-state index is 12.6. The molecule has 2 aliphatic heterocycles. The maximum Gasteiger partial charge on any atom is 0.338 e. The second kappa shape index (κ2) is 6.57. The van der Waals surface area contributed by atoms with Crippen molar-refractivity contribution in [2.24, 2.45) is 4.99 Å². The Bertz CT molecular complexity index is 791. The number of nitrogens with zero attached hydrogens (tertiary/aromatic N) is 2. The molecular weight excluding hydrogens is 344 g/mol. The number of carbonyl (C=O) groups excluding carboxylic acids is 2. The van der Waals surface area contributed by atoms with Crippen LogP contribution in [-0.2, 0) is 14.3 Å². The van der Waals surface area contributed by atoms with Crippen molar-refractivity contribution in [3.63, 3.8) is 0 Å². The third kappa shape index (κ3) is 2.71. The Morgan fingerprint density at radius 3 is 2.71 bits per heavy atom. The number of ketones is 1. The van der Waals surface area contributed by atoms with E-state index < -0.39 is 0 Å². The third-order valence-electron chi connectivity index (χ3n) is 3.90. The molecular formula is C17H18N2O3S2. The van der Waals surface area contributed by atoms with Crippen LogP contribution in [0.2, 0.25) is 0 Å². The number of Topliss-reactive ketones (excluding diaryl/α,β-unsaturated/α-hetero) is 1. The van der Waals surface area contributed by atoms with Crippen molar-refractivity contribution in [3.05, 3.63) is 44.3 Å². The smallest absolute Gasteiger partial charge is 0.338 e. The van der Waals surface area contributed by atoms with Crippen LogP contribution in [0.1, 0.15) is 38.6 Å². The lowest BCUT2D eigenvalue weighted by atomic mass is 10.00. The van der Waals surface area contributed by atoms with Crippen LogP contribution >= 0.6 is 23.1 Å². The second-order valence-electron chi connectivity index (χ2n) is 5.47. The number of esters is 1. The number of ether oxygens (including phenoxy) is 1. The highest BCUT2D eigenvalue weighted by atomic mass is 32.2. The number of hydrogen-bond acceptors (Lipinski definition) is 7. The fourth-order valence-electron chi connectivity index (χ4n) is 2.89. The Balaban J connectivity index is 2.15. The minimum atomic E-state index is -0.356. The van der Waals surface area contributed by atoms with Gasteiger partial charge >= 0.3 is 5.97 Å². The highest BCUT2D eigenvalue weighted by molar-refractivity contribution is 8.18. The van der Waals surface area contributed by atoms with Crippen LogP contribution in [0.25, 0.3) is 0 Å². The molecule has 2 aliphatic rings. The highest BCUT2D eigenvalue weighted by Gasteiger charge is 2.42. The molecule has 5 nitrogen and oxygen atoms in total. The number of amidine groups is 1. The Morgan fingerprint density at radius 2 is 2.12 bits per heavy atom. The van der Waals surface area contributed by atoms with E-state index in [4.69, 9.17) is 4.74 Å². The molecule has 7 heteroatoms. The van der Waals surface area contributed by atoms with E-state index in [0.29, 0.717) is 22.8 Å². The lowest BCUT2D eigenvalue weighted by Gasteiger charge is -2.34. The van der Waals surface area contributed by atoms with Gasteiger partial charge in [0.1, 0.15) is 6.04 Å². The largest absolute Gasteiger partial charge is 0.463 e. The van der Waals surface area contributed by atoms with Gasteiger partial charge in [-0.2, -0.15) is 0 Å². The molecule has 0 saturated heterocycles. The molecule has 0 fully saturated rings. The lowest BCUT2D eigenvalue weighted by Crippen LogP contribution is -2.35. The van der Waals surface area contributed by atoms with E-state index in [0.717, 1.165) is 15.7 Å². The standard InChI is InChI=1S/C17H18N2O3S2/c1-5-22-16(21)13-9(2)18-17-19(10(3)15(24-17)11(4)20)14(13)12-7-6-8-23-12/h6-8,14H,5H2,1-4H3/t14-/m0/s1. The molecule has 0 radical (unpaired) electrons. The van der Waals surface area contributed by atoms with Crippen LogP contribution in [0.5, 0.6) is 0 Å². The molecule has 1 aromatic rings. The number of hydrogen-bond donors (Lipinski definition) is 0. The zero-order chi connectivity index (χ0) is 17.4. The lowest BCUT2D eigenvalue weighted by molar-refractivity contribution is -0.139. The minimum absolute atomic E-state index is 0.00914. The van der Waals surface area contributed by atoms with E-state index in [1.165, 1.54) is 11.8 Å². The Hall–Kier alpha value is -1.86. The summed E-state index contributed by atoms with van der Waals surface area (Å²) in [5.74, 6) is -0.347. The molecule has 0 spiro atoms. The normalized spacial score (nSPS) is 20.2. The fourth-order valence-corrected chi connectivity index (χ4v) is 4.81. The number of aliphatic imine (C=N–C) groups is 1. The predicted molar refractivity (Wildman–Crippen MR) is 96.6 cm³/mol. The van der Waals surface area contributed by atoms with E-state index in [1.54, 1.807) is 25.2 Å². The van der Waals surface area contributed by atoms with Gasteiger partial charge in [0.25, 0.3) is 0 Å². The van der Waals surface area contributed by atoms with Crippen molar-refractivity contribution in [2.45, 2.75) is 33.7 Å². The van der Waals surface area contributed by atoms with Gasteiger partial charge in [0.15, 0.2) is 11.0 Å². The average molecular weight is 362 g/mol. The molecule has 0 unspecified atom stereocenters. The summed E-state index contributed by atoms with van der Waals surface area (Å²) in [6, 6.07) is 3.65. The van der Waals surface area contributed by atoms with Crippen molar-refractivity contribution >= 4 is 40.0 Å². The first-order valence-corrected chi connectivity index (χ1v) is 9.34. The number of rotatable bonds is 4. The molecule has 0 bridgehead atoms. The molecule has 0 N–H and O–H groups in total. The quantitative estimate of drug-likeness (QED) is 0.761. The van der Waals surface area contributed by atoms with E-state index in [1.807, 2.05) is 36.3 Å². The van der Waals surface area contributed by atoms with Gasteiger partial charge in [-0.3, -0.25) is 4.79 Å². The number of allylic oxidation sites excluding steroid dienone is 3. The molecule has 3 rings (SSSR count). The van der Waals surface area contributed by atoms with Crippen LogP contribution in [0.15, 0.2) is 44.4 Å². The molecule has 0 aromatic carbocycles. The Morgan fingerprint density at radius 1 is 1.38 bits per heavy atom. The summed E-state index contributed by atoms with van der Waals surface area (Å²) in [5.41, 5.74) is 2.01. The summed E-state index contributed by atoms with van der Waals surface area (Å²) in [6.45, 7) is 7.37. The molecule has 1 aromatic heterocycles. The van der Waals surface area contributed by atoms with Gasteiger partial charge in [0, 0.05) is 10.6 Å². The minimum Gasteiger partial charge on any atom is -0.463 e. The third-order valence-corrected chi connectivity index (χ3v) is 6.08. The maximum absolute atomic E-state index is 12.6. The van der Waals surface area contributed by atoms with Crippen molar-refractivity contribution in [3.8, 4) is 0 Å². The second-order valence-corrected chi connectivity index (χ2v) is 7.43. The average Bonchev–Trinajstić information content (AvgIpc) is 3.14. The van der Waals surface area contributed by atoms with Gasteiger partial charge in [-0.15, -0.1) is 11.3 Å². The SMILES string of the molecule is CCOC(=O)C1=C(C)N=C2SC(C(C)=O)=C(C)N2[C@H]1c1cccs1. The van der Waals surface area contributed by atoms with E-state index in [2.05, 4.69) is 4.99 Å². The fraction of sp³-hybridized carbons (Fsp3) is 0.353. The zero-order valence-corrected chi connectivity index (χ0v) is 15.6. The monoisotopic (exact) mass is 362 g/mol. The van der Waals surface area contributed by atoms with E-state index >= 15 is 0 Å². The van der Waals surface area contributed by atoms with Gasteiger partial charge in [-0.05, 0) is 50.9 Å². The van der Waals surface area contributed by atoms with Gasteiger partial charge in [0.05, 0.1) is 22.8 Å². The zero-order valence-electron chi connectivity index (χ0n) is 14.0. The molecule has 0 aliphatic carbocycles. The van der Waals surface area contributed by atoms with Gasteiger partial charge in [-0.1, -0.05) is 6.07 Å². The Labute approximate surface area is 149 Å². The van der Waals surface area contributed by atoms with Gasteiger partial charge in [0.2, 0.25) is 0 Å². The molecule has 1 atom stereocenters. The number of thiophene rings is 1. The molecule has 0 amide bonds. The van der Waals surface area contributed by atoms with E-state index in [9.17, 15) is 9.59 Å². The first kappa shape index (κ1) is 17.0. The first-order chi connectivity index (χ1) is 11.5. The van der Waals surface area contributed by atoms with Gasteiger partial charge in [-0.25, -0.2) is 9.79 Å². The summed E-state index contributed by atoms with van der Waals surface area (Å²) < 4.78 is 5.26. The van der Waals surface area contributed by atoms with Crippen molar-refractivity contribution in [2.75, 3.05) is 6.61 Å². The number of fused-ring (bicyclic) bond motifs is 1.